The summed E-state index contributed by atoms with van der Waals surface area (Å²) < 4.78 is 5.43. The third-order valence-electron chi connectivity index (χ3n) is 3.93. The van der Waals surface area contributed by atoms with Crippen LogP contribution < -0.4 is 9.64 Å². The summed E-state index contributed by atoms with van der Waals surface area (Å²) in [5.41, 5.74) is 2.71. The molecule has 1 aromatic carbocycles. The van der Waals surface area contributed by atoms with E-state index in [1.165, 1.54) is 0 Å². The number of aryl methyl sites for hydroxylation is 1. The Kier molecular flexibility index (Phi) is 3.85. The Labute approximate surface area is 145 Å². The van der Waals surface area contributed by atoms with Gasteiger partial charge in [-0.1, -0.05) is 30.3 Å². The Morgan fingerprint density at radius 2 is 1.96 bits per heavy atom. The van der Waals surface area contributed by atoms with Crippen molar-refractivity contribution in [3.63, 3.8) is 0 Å². The number of nitrogens with zero attached hydrogens (tertiary/aromatic N) is 4. The van der Waals surface area contributed by atoms with Gasteiger partial charge in [-0.25, -0.2) is 15.0 Å². The van der Waals surface area contributed by atoms with Gasteiger partial charge in [-0.05, 0) is 25.1 Å². The minimum atomic E-state index is -0.155. The van der Waals surface area contributed by atoms with Crippen molar-refractivity contribution in [3.8, 4) is 17.0 Å². The molecule has 0 N–H and O–H groups in total. The number of hydrogen-bond donors (Lipinski definition) is 0. The number of anilines is 1. The molecule has 4 rings (SSSR count). The molecule has 1 aliphatic rings. The summed E-state index contributed by atoms with van der Waals surface area (Å²) >= 11 is 0. The number of rotatable bonds is 3. The van der Waals surface area contributed by atoms with E-state index in [0.29, 0.717) is 17.4 Å². The van der Waals surface area contributed by atoms with Gasteiger partial charge in [-0.3, -0.25) is 9.69 Å². The Balaban J connectivity index is 1.70. The fourth-order valence-corrected chi connectivity index (χ4v) is 2.80. The van der Waals surface area contributed by atoms with Crippen LogP contribution in [-0.2, 0) is 11.3 Å². The fourth-order valence-electron chi connectivity index (χ4n) is 2.80. The molecule has 1 aliphatic heterocycles. The minimum absolute atomic E-state index is 0.00392. The van der Waals surface area contributed by atoms with Gasteiger partial charge in [-0.2, -0.15) is 0 Å². The number of hydrogen-bond acceptors (Lipinski definition) is 5. The molecule has 0 radical (unpaired) electrons. The van der Waals surface area contributed by atoms with E-state index in [9.17, 15) is 4.79 Å². The molecule has 0 unspecified atom stereocenters. The molecule has 3 aromatic rings. The second-order valence-electron chi connectivity index (χ2n) is 5.77. The van der Waals surface area contributed by atoms with Gasteiger partial charge < -0.3 is 4.74 Å². The molecule has 0 spiro atoms. The highest BCUT2D eigenvalue weighted by Crippen LogP contribution is 2.30. The first-order valence-corrected chi connectivity index (χ1v) is 7.99. The van der Waals surface area contributed by atoms with Crippen molar-refractivity contribution in [3.05, 3.63) is 66.2 Å². The lowest BCUT2D eigenvalue weighted by Crippen LogP contribution is -2.39. The van der Waals surface area contributed by atoms with Gasteiger partial charge in [0, 0.05) is 17.5 Å². The molecule has 2 aromatic heterocycles. The molecule has 0 atom stereocenters. The van der Waals surface area contributed by atoms with Crippen LogP contribution in [0.15, 0.2) is 54.7 Å². The van der Waals surface area contributed by atoms with Gasteiger partial charge in [0.05, 0.1) is 12.2 Å². The molecule has 0 saturated carbocycles. The molecule has 1 amide bonds. The maximum Gasteiger partial charge on any atom is 0.266 e. The smallest absolute Gasteiger partial charge is 0.266 e. The zero-order valence-corrected chi connectivity index (χ0v) is 13.7. The van der Waals surface area contributed by atoms with E-state index in [2.05, 4.69) is 15.0 Å². The molecule has 124 valence electrons. The second kappa shape index (κ2) is 6.32. The number of amides is 1. The second-order valence-corrected chi connectivity index (χ2v) is 5.77. The van der Waals surface area contributed by atoms with Crippen LogP contribution in [0.4, 0.5) is 5.82 Å². The third-order valence-corrected chi connectivity index (χ3v) is 3.93. The molecular weight excluding hydrogens is 316 g/mol. The highest BCUT2D eigenvalue weighted by molar-refractivity contribution is 5.96. The van der Waals surface area contributed by atoms with E-state index < -0.39 is 0 Å². The number of fused-ring (bicyclic) bond motifs is 1. The Bertz CT molecular complexity index is 928. The normalized spacial score (nSPS) is 13.3. The van der Waals surface area contributed by atoms with Crippen LogP contribution >= 0.6 is 0 Å². The topological polar surface area (TPSA) is 68.2 Å². The first kappa shape index (κ1) is 15.3. The molecule has 0 bridgehead atoms. The predicted octanol–water partition coefficient (Wildman–Crippen LogP) is 2.77. The Morgan fingerprint density at radius 3 is 2.80 bits per heavy atom. The van der Waals surface area contributed by atoms with Gasteiger partial charge in [-0.15, -0.1) is 0 Å². The largest absolute Gasteiger partial charge is 0.480 e. The van der Waals surface area contributed by atoms with E-state index in [-0.39, 0.29) is 19.1 Å². The summed E-state index contributed by atoms with van der Waals surface area (Å²) in [6, 6.07) is 15.4. The summed E-state index contributed by atoms with van der Waals surface area (Å²) in [6.07, 6.45) is 1.64. The van der Waals surface area contributed by atoms with Crippen molar-refractivity contribution in [2.24, 2.45) is 0 Å². The SMILES string of the molecule is Cc1cc(-c2ccccc2)nc(CN2C(=O)COc3cccnc32)n1. The predicted molar refractivity (Wildman–Crippen MR) is 93.1 cm³/mol. The summed E-state index contributed by atoms with van der Waals surface area (Å²) in [5, 5.41) is 0. The van der Waals surface area contributed by atoms with Gasteiger partial charge in [0.2, 0.25) is 0 Å². The number of carbonyl (C=O) groups is 1. The van der Waals surface area contributed by atoms with Crippen molar-refractivity contribution in [1.29, 1.82) is 0 Å². The van der Waals surface area contributed by atoms with Crippen molar-refractivity contribution in [1.82, 2.24) is 15.0 Å². The average molecular weight is 332 g/mol. The number of aromatic nitrogens is 3. The van der Waals surface area contributed by atoms with E-state index in [1.54, 1.807) is 23.2 Å². The van der Waals surface area contributed by atoms with Crippen LogP contribution in [0.2, 0.25) is 0 Å². The molecule has 25 heavy (non-hydrogen) atoms. The third kappa shape index (κ3) is 3.06. The van der Waals surface area contributed by atoms with Crippen LogP contribution in [0.25, 0.3) is 11.3 Å². The van der Waals surface area contributed by atoms with Crippen LogP contribution in [0, 0.1) is 6.92 Å². The Hall–Kier alpha value is -3.28. The molecule has 0 fully saturated rings. The number of carbonyl (C=O) groups excluding carboxylic acids is 1. The molecule has 6 nitrogen and oxygen atoms in total. The van der Waals surface area contributed by atoms with Crippen molar-refractivity contribution in [2.75, 3.05) is 11.5 Å². The quantitative estimate of drug-likeness (QED) is 0.738. The Morgan fingerprint density at radius 1 is 1.12 bits per heavy atom. The summed E-state index contributed by atoms with van der Waals surface area (Å²) in [4.78, 5) is 27.3. The monoisotopic (exact) mass is 332 g/mol. The van der Waals surface area contributed by atoms with E-state index in [0.717, 1.165) is 17.0 Å². The summed E-state index contributed by atoms with van der Waals surface area (Å²) in [7, 11) is 0. The van der Waals surface area contributed by atoms with E-state index in [4.69, 9.17) is 4.74 Å². The number of ether oxygens (including phenoxy) is 1. The van der Waals surface area contributed by atoms with Crippen LogP contribution in [0.5, 0.6) is 5.75 Å². The fraction of sp³-hybridized carbons (Fsp3) is 0.158. The molecular formula is C19H16N4O2. The number of pyridine rings is 1. The molecule has 6 heteroatoms. The summed E-state index contributed by atoms with van der Waals surface area (Å²) in [6.45, 7) is 2.18. The zero-order chi connectivity index (χ0) is 17.2. The summed E-state index contributed by atoms with van der Waals surface area (Å²) in [5.74, 6) is 1.52. The maximum atomic E-state index is 12.3. The zero-order valence-electron chi connectivity index (χ0n) is 13.7. The molecule has 0 saturated heterocycles. The highest BCUT2D eigenvalue weighted by atomic mass is 16.5. The lowest BCUT2D eigenvalue weighted by Gasteiger charge is -2.27. The number of benzene rings is 1. The lowest BCUT2D eigenvalue weighted by molar-refractivity contribution is -0.121. The van der Waals surface area contributed by atoms with E-state index in [1.807, 2.05) is 43.3 Å². The van der Waals surface area contributed by atoms with Crippen molar-refractivity contribution >= 4 is 11.7 Å². The van der Waals surface area contributed by atoms with Crippen molar-refractivity contribution in [2.45, 2.75) is 13.5 Å². The molecule has 3 heterocycles. The van der Waals surface area contributed by atoms with Gasteiger partial charge in [0.25, 0.3) is 5.91 Å². The highest BCUT2D eigenvalue weighted by Gasteiger charge is 2.27. The lowest BCUT2D eigenvalue weighted by atomic mass is 10.1. The minimum Gasteiger partial charge on any atom is -0.480 e. The van der Waals surface area contributed by atoms with Crippen LogP contribution in [-0.4, -0.2) is 27.5 Å². The maximum absolute atomic E-state index is 12.3. The first-order valence-electron chi connectivity index (χ1n) is 7.99. The van der Waals surface area contributed by atoms with Gasteiger partial charge >= 0.3 is 0 Å². The standard InChI is InChI=1S/C19H16N4O2/c1-13-10-15(14-6-3-2-4-7-14)22-17(21-13)11-23-18(24)12-25-16-8-5-9-20-19(16)23/h2-10H,11-12H2,1H3. The average Bonchev–Trinajstić information content (AvgIpc) is 2.64. The van der Waals surface area contributed by atoms with Crippen LogP contribution in [0.3, 0.4) is 0 Å². The first-order chi connectivity index (χ1) is 12.2. The van der Waals surface area contributed by atoms with E-state index >= 15 is 0 Å². The molecule has 0 aliphatic carbocycles. The van der Waals surface area contributed by atoms with Crippen LogP contribution in [0.1, 0.15) is 11.5 Å². The van der Waals surface area contributed by atoms with Gasteiger partial charge in [0.15, 0.2) is 18.2 Å². The van der Waals surface area contributed by atoms with Crippen molar-refractivity contribution < 1.29 is 9.53 Å². The van der Waals surface area contributed by atoms with Gasteiger partial charge in [0.1, 0.15) is 5.82 Å².